The second-order valence-electron chi connectivity index (χ2n) is 5.98. The van der Waals surface area contributed by atoms with Crippen molar-refractivity contribution in [3.05, 3.63) is 59.8 Å². The van der Waals surface area contributed by atoms with Gasteiger partial charge in [-0.1, -0.05) is 18.2 Å². The third kappa shape index (κ3) is 5.90. The summed E-state index contributed by atoms with van der Waals surface area (Å²) in [6.07, 6.45) is 2.28. The Kier molecular flexibility index (Phi) is 7.47. The van der Waals surface area contributed by atoms with E-state index in [1.54, 1.807) is 18.4 Å². The molecule has 1 atom stereocenters. The Bertz CT molecular complexity index is 655. The number of nitrogens with zero attached hydrogens (tertiary/aromatic N) is 2. The number of hydrogen-bond acceptors (Lipinski definition) is 3. The van der Waals surface area contributed by atoms with Crippen molar-refractivity contribution in [1.29, 1.82) is 0 Å². The van der Waals surface area contributed by atoms with Crippen LogP contribution in [0.2, 0.25) is 0 Å². The van der Waals surface area contributed by atoms with Crippen molar-refractivity contribution in [2.45, 2.75) is 19.4 Å². The van der Waals surface area contributed by atoms with E-state index < -0.39 is 0 Å². The first-order valence-corrected chi connectivity index (χ1v) is 8.57. The number of aliphatic imine (C=N–C) groups is 1. The highest BCUT2D eigenvalue weighted by Crippen LogP contribution is 2.18. The molecule has 2 aromatic rings. The van der Waals surface area contributed by atoms with Crippen LogP contribution < -0.4 is 10.6 Å². The summed E-state index contributed by atoms with van der Waals surface area (Å²) in [7, 11) is 4.00. The number of rotatable bonds is 8. The van der Waals surface area contributed by atoms with Gasteiger partial charge in [-0.05, 0) is 51.2 Å². The van der Waals surface area contributed by atoms with Crippen LogP contribution in [0.3, 0.4) is 0 Å². The van der Waals surface area contributed by atoms with Gasteiger partial charge in [0.15, 0.2) is 5.96 Å². The lowest BCUT2D eigenvalue weighted by molar-refractivity contribution is 0.265. The minimum Gasteiger partial charge on any atom is -0.468 e. The van der Waals surface area contributed by atoms with Gasteiger partial charge < -0.3 is 15.1 Å². The van der Waals surface area contributed by atoms with Crippen LogP contribution in [-0.4, -0.2) is 44.6 Å². The van der Waals surface area contributed by atoms with Gasteiger partial charge in [-0.3, -0.25) is 9.89 Å². The molecule has 0 aliphatic rings. The van der Waals surface area contributed by atoms with Crippen LogP contribution in [0.5, 0.6) is 0 Å². The topological polar surface area (TPSA) is 52.8 Å². The Labute approximate surface area is 148 Å². The number of hydrogen-bond donors (Lipinski definition) is 2. The molecule has 5 nitrogen and oxygen atoms in total. The van der Waals surface area contributed by atoms with E-state index >= 15 is 0 Å². The Morgan fingerprint density at radius 3 is 2.64 bits per heavy atom. The fourth-order valence-electron chi connectivity index (χ4n) is 2.52. The van der Waals surface area contributed by atoms with E-state index in [4.69, 9.17) is 4.42 Å². The Morgan fingerprint density at radius 1 is 1.20 bits per heavy atom. The van der Waals surface area contributed by atoms with Crippen LogP contribution in [0, 0.1) is 5.82 Å². The molecule has 25 heavy (non-hydrogen) atoms. The van der Waals surface area contributed by atoms with Crippen molar-refractivity contribution in [2.75, 3.05) is 33.7 Å². The van der Waals surface area contributed by atoms with E-state index in [0.717, 1.165) is 18.3 Å². The summed E-state index contributed by atoms with van der Waals surface area (Å²) in [6, 6.07) is 10.7. The fraction of sp³-hybridized carbons (Fsp3) is 0.421. The number of benzene rings is 1. The summed E-state index contributed by atoms with van der Waals surface area (Å²) in [5.41, 5.74) is 0.701. The molecule has 0 saturated carbocycles. The van der Waals surface area contributed by atoms with E-state index in [9.17, 15) is 4.39 Å². The van der Waals surface area contributed by atoms with Crippen molar-refractivity contribution in [3.63, 3.8) is 0 Å². The molecule has 0 radical (unpaired) electrons. The minimum atomic E-state index is -0.170. The average molecular weight is 346 g/mol. The van der Waals surface area contributed by atoms with Crippen LogP contribution in [0.15, 0.2) is 52.1 Å². The Balaban J connectivity index is 1.94. The van der Waals surface area contributed by atoms with Gasteiger partial charge in [0.25, 0.3) is 0 Å². The molecular weight excluding hydrogens is 319 g/mol. The molecule has 0 saturated heterocycles. The standard InChI is InChI=1S/C19H27FN4O/c1-4-21-19(22-12-11-15-8-5-6-9-16(15)20)23-14-17(24(2)3)18-10-7-13-25-18/h5-10,13,17H,4,11-12,14H2,1-3H3,(H2,21,22,23). The predicted molar refractivity (Wildman–Crippen MR) is 99.2 cm³/mol. The van der Waals surface area contributed by atoms with Crippen LogP contribution in [0.25, 0.3) is 0 Å². The monoisotopic (exact) mass is 346 g/mol. The molecule has 0 bridgehead atoms. The number of guanidine groups is 1. The van der Waals surface area contributed by atoms with Crippen molar-refractivity contribution < 1.29 is 8.81 Å². The second kappa shape index (κ2) is 9.84. The summed E-state index contributed by atoms with van der Waals surface area (Å²) in [5.74, 6) is 1.44. The zero-order chi connectivity index (χ0) is 18.1. The normalized spacial score (nSPS) is 13.1. The lowest BCUT2D eigenvalue weighted by Gasteiger charge is -2.21. The first kappa shape index (κ1) is 19.0. The average Bonchev–Trinajstić information content (AvgIpc) is 3.10. The van der Waals surface area contributed by atoms with E-state index in [1.165, 1.54) is 6.07 Å². The molecule has 0 aliphatic carbocycles. The molecule has 1 aromatic carbocycles. The van der Waals surface area contributed by atoms with Gasteiger partial charge in [-0.2, -0.15) is 0 Å². The van der Waals surface area contributed by atoms with Gasteiger partial charge in [0, 0.05) is 13.1 Å². The van der Waals surface area contributed by atoms with Crippen LogP contribution in [0.1, 0.15) is 24.3 Å². The number of furan rings is 1. The highest BCUT2D eigenvalue weighted by atomic mass is 19.1. The first-order valence-electron chi connectivity index (χ1n) is 8.57. The van der Waals surface area contributed by atoms with Crippen LogP contribution >= 0.6 is 0 Å². The Morgan fingerprint density at radius 2 is 2.00 bits per heavy atom. The van der Waals surface area contributed by atoms with Crippen molar-refractivity contribution in [2.24, 2.45) is 4.99 Å². The minimum absolute atomic E-state index is 0.0667. The molecule has 2 rings (SSSR count). The summed E-state index contributed by atoms with van der Waals surface area (Å²) >= 11 is 0. The van der Waals surface area contributed by atoms with Gasteiger partial charge in [0.05, 0.1) is 18.8 Å². The molecule has 0 spiro atoms. The molecule has 136 valence electrons. The largest absolute Gasteiger partial charge is 0.468 e. The maximum Gasteiger partial charge on any atom is 0.191 e. The van der Waals surface area contributed by atoms with E-state index in [0.29, 0.717) is 25.1 Å². The molecule has 6 heteroatoms. The van der Waals surface area contributed by atoms with Gasteiger partial charge in [0.1, 0.15) is 11.6 Å². The van der Waals surface area contributed by atoms with Crippen molar-refractivity contribution >= 4 is 5.96 Å². The molecule has 1 heterocycles. The summed E-state index contributed by atoms with van der Waals surface area (Å²) in [4.78, 5) is 6.72. The number of nitrogens with one attached hydrogen (secondary N) is 2. The van der Waals surface area contributed by atoms with Gasteiger partial charge in [-0.25, -0.2) is 4.39 Å². The summed E-state index contributed by atoms with van der Waals surface area (Å²) in [5, 5.41) is 6.48. The molecule has 0 amide bonds. The molecule has 0 aliphatic heterocycles. The molecule has 1 aromatic heterocycles. The third-order valence-corrected chi connectivity index (χ3v) is 3.91. The fourth-order valence-corrected chi connectivity index (χ4v) is 2.52. The van der Waals surface area contributed by atoms with E-state index in [2.05, 4.69) is 20.5 Å². The quantitative estimate of drug-likeness (QED) is 0.570. The number of halogens is 1. The zero-order valence-corrected chi connectivity index (χ0v) is 15.1. The molecule has 0 fully saturated rings. The molecule has 2 N–H and O–H groups in total. The SMILES string of the molecule is CCNC(=NCC(c1ccco1)N(C)C)NCCc1ccccc1F. The zero-order valence-electron chi connectivity index (χ0n) is 15.1. The third-order valence-electron chi connectivity index (χ3n) is 3.91. The maximum absolute atomic E-state index is 13.7. The predicted octanol–water partition coefficient (Wildman–Crippen LogP) is 2.82. The highest BCUT2D eigenvalue weighted by molar-refractivity contribution is 5.79. The summed E-state index contributed by atoms with van der Waals surface area (Å²) < 4.78 is 19.2. The van der Waals surface area contributed by atoms with Crippen molar-refractivity contribution in [3.8, 4) is 0 Å². The molecular formula is C19H27FN4O. The maximum atomic E-state index is 13.7. The van der Waals surface area contributed by atoms with Crippen LogP contribution in [-0.2, 0) is 6.42 Å². The van der Waals surface area contributed by atoms with Gasteiger partial charge >= 0.3 is 0 Å². The summed E-state index contributed by atoms with van der Waals surface area (Å²) in [6.45, 7) is 3.96. The second-order valence-corrected chi connectivity index (χ2v) is 5.98. The van der Waals surface area contributed by atoms with Crippen molar-refractivity contribution in [1.82, 2.24) is 15.5 Å². The lowest BCUT2D eigenvalue weighted by Crippen LogP contribution is -2.39. The first-order chi connectivity index (χ1) is 12.1. The van der Waals surface area contributed by atoms with E-state index in [-0.39, 0.29) is 11.9 Å². The number of likely N-dealkylation sites (N-methyl/N-ethyl adjacent to an activating group) is 1. The highest BCUT2D eigenvalue weighted by Gasteiger charge is 2.16. The van der Waals surface area contributed by atoms with Gasteiger partial charge in [0.2, 0.25) is 0 Å². The van der Waals surface area contributed by atoms with Crippen LogP contribution in [0.4, 0.5) is 4.39 Å². The Hall–Kier alpha value is -2.34. The van der Waals surface area contributed by atoms with Gasteiger partial charge in [-0.15, -0.1) is 0 Å². The lowest BCUT2D eigenvalue weighted by atomic mass is 10.1. The molecule has 1 unspecified atom stereocenters. The van der Waals surface area contributed by atoms with E-state index in [1.807, 2.05) is 39.2 Å². The smallest absolute Gasteiger partial charge is 0.191 e.